The molecule has 1 aliphatic rings. The van der Waals surface area contributed by atoms with Crippen molar-refractivity contribution in [3.8, 4) is 11.1 Å². The van der Waals surface area contributed by atoms with Gasteiger partial charge in [-0.25, -0.2) is 9.18 Å². The molecule has 1 atom stereocenters. The van der Waals surface area contributed by atoms with Crippen molar-refractivity contribution in [1.29, 1.82) is 0 Å². The molecule has 0 saturated carbocycles. The van der Waals surface area contributed by atoms with Crippen LogP contribution in [0.25, 0.3) is 11.1 Å². The summed E-state index contributed by atoms with van der Waals surface area (Å²) in [7, 11) is 0. The van der Waals surface area contributed by atoms with E-state index < -0.39 is 47.6 Å². The Bertz CT molecular complexity index is 1200. The van der Waals surface area contributed by atoms with Gasteiger partial charge in [-0.3, -0.25) is 4.79 Å². The van der Waals surface area contributed by atoms with Gasteiger partial charge in [0, 0.05) is 11.5 Å². The molecule has 9 heteroatoms. The van der Waals surface area contributed by atoms with E-state index in [0.29, 0.717) is 18.2 Å². The van der Waals surface area contributed by atoms with Gasteiger partial charge in [-0.05, 0) is 40.5 Å². The first-order valence-electron chi connectivity index (χ1n) is 10.3. The molecule has 0 fully saturated rings. The maximum atomic E-state index is 14.3. The first-order chi connectivity index (χ1) is 16.1. The molecule has 3 aromatic carbocycles. The smallest absolute Gasteiger partial charge is 0.416 e. The lowest BCUT2D eigenvalue weighted by atomic mass is 9.98. The third-order valence-electron chi connectivity index (χ3n) is 5.71. The lowest BCUT2D eigenvalue weighted by Gasteiger charge is -2.20. The molecule has 0 aromatic heterocycles. The van der Waals surface area contributed by atoms with Gasteiger partial charge in [0.2, 0.25) is 0 Å². The van der Waals surface area contributed by atoms with Gasteiger partial charge in [-0.1, -0.05) is 48.5 Å². The largest absolute Gasteiger partial charge is 0.481 e. The van der Waals surface area contributed by atoms with Crippen molar-refractivity contribution in [2.75, 3.05) is 6.61 Å². The fourth-order valence-corrected chi connectivity index (χ4v) is 4.18. The minimum absolute atomic E-state index is 0.0925. The van der Waals surface area contributed by atoms with Crippen LogP contribution in [-0.2, 0) is 15.7 Å². The SMILES string of the molecule is O=C(O)C[C@@H](NC(=O)OCC1c2ccccc2-c2ccccc21)c1cc(C(F)(F)F)ccc1F. The zero-order valence-corrected chi connectivity index (χ0v) is 17.6. The van der Waals surface area contributed by atoms with E-state index in [0.717, 1.165) is 22.3 Å². The van der Waals surface area contributed by atoms with Gasteiger partial charge in [0.25, 0.3) is 0 Å². The zero-order chi connectivity index (χ0) is 24.5. The van der Waals surface area contributed by atoms with Gasteiger partial charge in [-0.15, -0.1) is 0 Å². The number of rotatable bonds is 6. The van der Waals surface area contributed by atoms with E-state index in [9.17, 15) is 27.2 Å². The number of amides is 1. The normalized spacial score (nSPS) is 13.6. The highest BCUT2D eigenvalue weighted by Gasteiger charge is 2.33. The van der Waals surface area contributed by atoms with Crippen molar-refractivity contribution in [3.05, 3.63) is 94.8 Å². The van der Waals surface area contributed by atoms with Gasteiger partial charge in [0.15, 0.2) is 0 Å². The summed E-state index contributed by atoms with van der Waals surface area (Å²) in [5, 5.41) is 11.4. The van der Waals surface area contributed by atoms with Crippen LogP contribution in [0.5, 0.6) is 0 Å². The van der Waals surface area contributed by atoms with Crippen molar-refractivity contribution < 1.29 is 37.0 Å². The van der Waals surface area contributed by atoms with Crippen molar-refractivity contribution in [3.63, 3.8) is 0 Å². The second kappa shape index (κ2) is 9.17. The van der Waals surface area contributed by atoms with E-state index in [1.54, 1.807) is 0 Å². The average molecular weight is 473 g/mol. The van der Waals surface area contributed by atoms with Crippen LogP contribution in [-0.4, -0.2) is 23.8 Å². The van der Waals surface area contributed by atoms with Crippen LogP contribution in [0.15, 0.2) is 66.7 Å². The maximum Gasteiger partial charge on any atom is 0.416 e. The zero-order valence-electron chi connectivity index (χ0n) is 17.6. The molecule has 2 N–H and O–H groups in total. The Morgan fingerprint density at radius 1 is 0.971 bits per heavy atom. The maximum absolute atomic E-state index is 14.3. The second-order valence-electron chi connectivity index (χ2n) is 7.85. The molecule has 34 heavy (non-hydrogen) atoms. The predicted octanol–water partition coefficient (Wildman–Crippen LogP) is 5.90. The quantitative estimate of drug-likeness (QED) is 0.437. The number of nitrogens with one attached hydrogen (secondary N) is 1. The molecule has 5 nitrogen and oxygen atoms in total. The summed E-state index contributed by atoms with van der Waals surface area (Å²) < 4.78 is 58.9. The summed E-state index contributed by atoms with van der Waals surface area (Å²) in [4.78, 5) is 23.8. The minimum Gasteiger partial charge on any atom is -0.481 e. The number of ether oxygens (including phenoxy) is 1. The minimum atomic E-state index is -4.76. The van der Waals surface area contributed by atoms with Crippen molar-refractivity contribution >= 4 is 12.1 Å². The highest BCUT2D eigenvalue weighted by Crippen LogP contribution is 2.44. The molecule has 0 unspecified atom stereocenters. The van der Waals surface area contributed by atoms with Crippen LogP contribution >= 0.6 is 0 Å². The van der Waals surface area contributed by atoms with Gasteiger partial charge in [-0.2, -0.15) is 13.2 Å². The Kier molecular flexibility index (Phi) is 6.28. The molecule has 0 aliphatic heterocycles. The highest BCUT2D eigenvalue weighted by atomic mass is 19.4. The Morgan fingerprint density at radius 2 is 1.56 bits per heavy atom. The highest BCUT2D eigenvalue weighted by molar-refractivity contribution is 5.79. The molecule has 0 heterocycles. The van der Waals surface area contributed by atoms with Crippen LogP contribution in [0.2, 0.25) is 0 Å². The number of carboxylic acid groups (broad SMARTS) is 1. The number of alkyl halides is 3. The summed E-state index contributed by atoms with van der Waals surface area (Å²) in [5.41, 5.74) is 2.15. The topological polar surface area (TPSA) is 75.6 Å². The Labute approximate surface area is 192 Å². The summed E-state index contributed by atoms with van der Waals surface area (Å²) in [6, 6.07) is 15.3. The average Bonchev–Trinajstić information content (AvgIpc) is 3.10. The lowest BCUT2D eigenvalue weighted by molar-refractivity contribution is -0.138. The van der Waals surface area contributed by atoms with E-state index in [1.807, 2.05) is 48.5 Å². The molecule has 1 aliphatic carbocycles. The van der Waals surface area contributed by atoms with E-state index in [1.165, 1.54) is 0 Å². The molecule has 0 saturated heterocycles. The number of carbonyl (C=O) groups is 2. The lowest BCUT2D eigenvalue weighted by Crippen LogP contribution is -2.32. The van der Waals surface area contributed by atoms with Gasteiger partial charge < -0.3 is 15.2 Å². The Morgan fingerprint density at radius 3 is 2.12 bits per heavy atom. The monoisotopic (exact) mass is 473 g/mol. The molecule has 176 valence electrons. The fourth-order valence-electron chi connectivity index (χ4n) is 4.18. The van der Waals surface area contributed by atoms with Crippen molar-refractivity contribution in [1.82, 2.24) is 5.32 Å². The number of carboxylic acids is 1. The number of alkyl carbamates (subject to hydrolysis) is 1. The molecular weight excluding hydrogens is 454 g/mol. The molecule has 0 radical (unpaired) electrons. The summed E-state index contributed by atoms with van der Waals surface area (Å²) in [5.74, 6) is -2.78. The molecule has 1 amide bonds. The van der Waals surface area contributed by atoms with Crippen LogP contribution in [0, 0.1) is 5.82 Å². The molecule has 4 rings (SSSR count). The van der Waals surface area contributed by atoms with Gasteiger partial charge in [0.05, 0.1) is 18.0 Å². The van der Waals surface area contributed by atoms with Crippen LogP contribution in [0.3, 0.4) is 0 Å². The Hall–Kier alpha value is -3.88. The summed E-state index contributed by atoms with van der Waals surface area (Å²) >= 11 is 0. The van der Waals surface area contributed by atoms with Gasteiger partial charge >= 0.3 is 18.2 Å². The number of halogens is 4. The van der Waals surface area contributed by atoms with E-state index in [2.05, 4.69) is 5.32 Å². The number of benzene rings is 3. The fraction of sp³-hybridized carbons (Fsp3) is 0.200. The second-order valence-corrected chi connectivity index (χ2v) is 7.85. The van der Waals surface area contributed by atoms with Crippen LogP contribution in [0.4, 0.5) is 22.4 Å². The summed E-state index contributed by atoms with van der Waals surface area (Å²) in [6.07, 6.45) is -6.66. The third-order valence-corrected chi connectivity index (χ3v) is 5.71. The first kappa shape index (κ1) is 23.3. The molecule has 0 bridgehead atoms. The van der Waals surface area contributed by atoms with Crippen LogP contribution in [0.1, 0.15) is 40.6 Å². The first-order valence-corrected chi connectivity index (χ1v) is 10.3. The van der Waals surface area contributed by atoms with Crippen molar-refractivity contribution in [2.24, 2.45) is 0 Å². The number of hydrogen-bond acceptors (Lipinski definition) is 3. The number of hydrogen-bond donors (Lipinski definition) is 2. The van der Waals surface area contributed by atoms with E-state index in [4.69, 9.17) is 9.84 Å². The predicted molar refractivity (Wildman–Crippen MR) is 115 cm³/mol. The summed E-state index contributed by atoms with van der Waals surface area (Å²) in [6.45, 7) is -0.0925. The van der Waals surface area contributed by atoms with Crippen LogP contribution < -0.4 is 5.32 Å². The third kappa shape index (κ3) is 4.73. The standard InChI is InChI=1S/C25H19F4NO4/c26-21-10-9-14(25(27,28)29)11-19(21)22(12-23(31)32)30-24(33)34-13-20-17-7-3-1-5-15(17)16-6-2-4-8-18(16)20/h1-11,20,22H,12-13H2,(H,30,33)(H,31,32)/t22-/m1/s1. The van der Waals surface area contributed by atoms with Crippen molar-refractivity contribution in [2.45, 2.75) is 24.6 Å². The van der Waals surface area contributed by atoms with E-state index >= 15 is 0 Å². The Balaban J connectivity index is 1.53. The number of fused-ring (bicyclic) bond motifs is 3. The molecular formula is C25H19F4NO4. The van der Waals surface area contributed by atoms with Gasteiger partial charge in [0.1, 0.15) is 12.4 Å². The number of carbonyl (C=O) groups excluding carboxylic acids is 1. The molecule has 0 spiro atoms. The number of aliphatic carboxylic acids is 1. The van der Waals surface area contributed by atoms with E-state index in [-0.39, 0.29) is 12.5 Å². The molecule has 3 aromatic rings.